The van der Waals surface area contributed by atoms with Crippen LogP contribution in [-0.2, 0) is 9.59 Å². The molecule has 1 fully saturated rings. The van der Waals surface area contributed by atoms with Crippen molar-refractivity contribution in [3.05, 3.63) is 18.5 Å². The zero-order valence-electron chi connectivity index (χ0n) is 11.5. The molecule has 7 nitrogen and oxygen atoms in total. The average molecular weight is 278 g/mol. The first kappa shape index (κ1) is 14.2. The van der Waals surface area contributed by atoms with Gasteiger partial charge in [-0.3, -0.25) is 4.79 Å². The molecular formula is C13H18N4O3. The maximum absolute atomic E-state index is 12.0. The van der Waals surface area contributed by atoms with Gasteiger partial charge in [-0.1, -0.05) is 0 Å². The Bertz CT molecular complexity index is 504. The Balaban J connectivity index is 1.97. The van der Waals surface area contributed by atoms with E-state index in [4.69, 9.17) is 0 Å². The van der Waals surface area contributed by atoms with Crippen LogP contribution in [0, 0.1) is 5.92 Å². The third-order valence-electron chi connectivity index (χ3n) is 3.51. The molecule has 1 atom stereocenters. The number of likely N-dealkylation sites (N-methyl/N-ethyl adjacent to an activating group) is 1. The number of aromatic nitrogens is 2. The van der Waals surface area contributed by atoms with Crippen molar-refractivity contribution in [3.63, 3.8) is 0 Å². The number of nitrogens with zero attached hydrogens (tertiary/aromatic N) is 3. The summed E-state index contributed by atoms with van der Waals surface area (Å²) in [6, 6.07) is 1.69. The van der Waals surface area contributed by atoms with Gasteiger partial charge < -0.3 is 15.3 Å². The molecule has 0 saturated heterocycles. The van der Waals surface area contributed by atoms with Crippen LogP contribution in [0.3, 0.4) is 0 Å². The van der Waals surface area contributed by atoms with Crippen molar-refractivity contribution in [1.29, 1.82) is 0 Å². The van der Waals surface area contributed by atoms with E-state index in [1.54, 1.807) is 37.3 Å². The molecule has 0 bridgehead atoms. The molecule has 0 aromatic carbocycles. The minimum absolute atomic E-state index is 0.0135. The number of amides is 1. The standard InChI is InChI=1S/C13H18N4O3/c1-13(11(19)20,9-4-5-9)16-10(18)8-17(2)12-14-6-3-7-15-12/h3,6-7,9H,4-5,8H2,1-2H3,(H,16,18)(H,19,20). The summed E-state index contributed by atoms with van der Waals surface area (Å²) >= 11 is 0. The Labute approximate surface area is 117 Å². The number of aliphatic carboxylic acids is 1. The Morgan fingerprint density at radius 3 is 2.55 bits per heavy atom. The molecular weight excluding hydrogens is 260 g/mol. The van der Waals surface area contributed by atoms with E-state index in [0.717, 1.165) is 12.8 Å². The first-order valence-corrected chi connectivity index (χ1v) is 6.46. The largest absolute Gasteiger partial charge is 0.480 e. The number of nitrogens with one attached hydrogen (secondary N) is 1. The number of carbonyl (C=O) groups is 2. The number of carboxylic acids is 1. The quantitative estimate of drug-likeness (QED) is 0.776. The van der Waals surface area contributed by atoms with Crippen molar-refractivity contribution < 1.29 is 14.7 Å². The molecule has 0 radical (unpaired) electrons. The zero-order chi connectivity index (χ0) is 14.8. The van der Waals surface area contributed by atoms with Crippen molar-refractivity contribution in [2.45, 2.75) is 25.3 Å². The van der Waals surface area contributed by atoms with E-state index in [9.17, 15) is 14.7 Å². The minimum Gasteiger partial charge on any atom is -0.480 e. The van der Waals surface area contributed by atoms with Crippen LogP contribution in [0.15, 0.2) is 18.5 Å². The minimum atomic E-state index is -1.19. The molecule has 1 aliphatic rings. The second-order valence-electron chi connectivity index (χ2n) is 5.23. The van der Waals surface area contributed by atoms with Gasteiger partial charge in [0.15, 0.2) is 0 Å². The van der Waals surface area contributed by atoms with Crippen LogP contribution < -0.4 is 10.2 Å². The Kier molecular flexibility index (Phi) is 3.87. The summed E-state index contributed by atoms with van der Waals surface area (Å²) in [5.74, 6) is -0.906. The molecule has 7 heteroatoms. The van der Waals surface area contributed by atoms with E-state index in [1.165, 1.54) is 0 Å². The lowest BCUT2D eigenvalue weighted by Gasteiger charge is -2.27. The second kappa shape index (κ2) is 5.44. The number of rotatable bonds is 6. The molecule has 2 rings (SSSR count). The van der Waals surface area contributed by atoms with Gasteiger partial charge in [0, 0.05) is 19.4 Å². The van der Waals surface area contributed by atoms with Crippen molar-refractivity contribution >= 4 is 17.8 Å². The lowest BCUT2D eigenvalue weighted by atomic mass is 9.96. The Morgan fingerprint density at radius 2 is 2.05 bits per heavy atom. The molecule has 20 heavy (non-hydrogen) atoms. The molecule has 1 aliphatic carbocycles. The Hall–Kier alpha value is -2.18. The van der Waals surface area contributed by atoms with Crippen LogP contribution in [0.1, 0.15) is 19.8 Å². The fourth-order valence-corrected chi connectivity index (χ4v) is 2.09. The molecule has 1 amide bonds. The summed E-state index contributed by atoms with van der Waals surface area (Å²) in [6.07, 6.45) is 4.84. The van der Waals surface area contributed by atoms with Crippen LogP contribution in [0.2, 0.25) is 0 Å². The summed E-state index contributed by atoms with van der Waals surface area (Å²) in [7, 11) is 1.68. The van der Waals surface area contributed by atoms with E-state index in [2.05, 4.69) is 15.3 Å². The number of hydrogen-bond acceptors (Lipinski definition) is 5. The molecule has 1 aromatic rings. The molecule has 0 spiro atoms. The van der Waals surface area contributed by atoms with Crippen LogP contribution in [0.5, 0.6) is 0 Å². The smallest absolute Gasteiger partial charge is 0.329 e. The van der Waals surface area contributed by atoms with Gasteiger partial charge in [0.1, 0.15) is 5.54 Å². The van der Waals surface area contributed by atoms with Gasteiger partial charge in [-0.05, 0) is 31.7 Å². The summed E-state index contributed by atoms with van der Waals surface area (Å²) in [5, 5.41) is 11.9. The molecule has 2 N–H and O–H groups in total. The summed E-state index contributed by atoms with van der Waals surface area (Å²) < 4.78 is 0. The van der Waals surface area contributed by atoms with Crippen molar-refractivity contribution in [3.8, 4) is 0 Å². The SMILES string of the molecule is CN(CC(=O)NC(C)(C(=O)O)C1CC1)c1ncccn1. The summed E-state index contributed by atoms with van der Waals surface area (Å²) in [5.41, 5.74) is -1.19. The van der Waals surface area contributed by atoms with Gasteiger partial charge in [-0.2, -0.15) is 0 Å². The second-order valence-corrected chi connectivity index (χ2v) is 5.23. The summed E-state index contributed by atoms with van der Waals surface area (Å²) in [4.78, 5) is 33.0. The Morgan fingerprint density at radius 1 is 1.45 bits per heavy atom. The maximum atomic E-state index is 12.0. The van der Waals surface area contributed by atoms with Crippen molar-refractivity contribution in [1.82, 2.24) is 15.3 Å². The van der Waals surface area contributed by atoms with E-state index < -0.39 is 11.5 Å². The van der Waals surface area contributed by atoms with Gasteiger partial charge in [0.25, 0.3) is 0 Å². The van der Waals surface area contributed by atoms with Gasteiger partial charge in [-0.15, -0.1) is 0 Å². The van der Waals surface area contributed by atoms with E-state index in [-0.39, 0.29) is 18.4 Å². The molecule has 1 aromatic heterocycles. The van der Waals surface area contributed by atoms with Crippen molar-refractivity contribution in [2.75, 3.05) is 18.5 Å². The predicted molar refractivity (Wildman–Crippen MR) is 72.2 cm³/mol. The van der Waals surface area contributed by atoms with Crippen LogP contribution in [0.25, 0.3) is 0 Å². The van der Waals surface area contributed by atoms with Gasteiger partial charge in [-0.25, -0.2) is 14.8 Å². The highest BCUT2D eigenvalue weighted by atomic mass is 16.4. The van der Waals surface area contributed by atoms with Crippen LogP contribution in [0.4, 0.5) is 5.95 Å². The van der Waals surface area contributed by atoms with E-state index in [1.807, 2.05) is 0 Å². The highest BCUT2D eigenvalue weighted by molar-refractivity contribution is 5.89. The van der Waals surface area contributed by atoms with Gasteiger partial charge in [0.2, 0.25) is 11.9 Å². The molecule has 1 saturated carbocycles. The van der Waals surface area contributed by atoms with Crippen LogP contribution in [-0.4, -0.2) is 46.1 Å². The topological polar surface area (TPSA) is 95.4 Å². The maximum Gasteiger partial charge on any atom is 0.329 e. The lowest BCUT2D eigenvalue weighted by molar-refractivity contribution is -0.147. The highest BCUT2D eigenvalue weighted by Crippen LogP contribution is 2.39. The third-order valence-corrected chi connectivity index (χ3v) is 3.51. The average Bonchev–Trinajstić information content (AvgIpc) is 3.23. The van der Waals surface area contributed by atoms with E-state index in [0.29, 0.717) is 5.95 Å². The van der Waals surface area contributed by atoms with Crippen molar-refractivity contribution in [2.24, 2.45) is 5.92 Å². The molecule has 1 unspecified atom stereocenters. The lowest BCUT2D eigenvalue weighted by Crippen LogP contribution is -2.56. The monoisotopic (exact) mass is 278 g/mol. The fourth-order valence-electron chi connectivity index (χ4n) is 2.09. The van der Waals surface area contributed by atoms with Gasteiger partial charge in [0.05, 0.1) is 6.54 Å². The highest BCUT2D eigenvalue weighted by Gasteiger charge is 2.48. The molecule has 108 valence electrons. The van der Waals surface area contributed by atoms with E-state index >= 15 is 0 Å². The first-order valence-electron chi connectivity index (χ1n) is 6.46. The third kappa shape index (κ3) is 3.04. The first-order chi connectivity index (χ1) is 9.43. The van der Waals surface area contributed by atoms with Crippen LogP contribution >= 0.6 is 0 Å². The summed E-state index contributed by atoms with van der Waals surface area (Å²) in [6.45, 7) is 1.57. The zero-order valence-corrected chi connectivity index (χ0v) is 11.5. The number of carboxylic acid groups (broad SMARTS) is 1. The fraction of sp³-hybridized carbons (Fsp3) is 0.538. The number of carbonyl (C=O) groups excluding carboxylic acids is 1. The number of hydrogen-bond donors (Lipinski definition) is 2. The number of anilines is 1. The molecule has 0 aliphatic heterocycles. The molecule has 1 heterocycles. The van der Waals surface area contributed by atoms with Gasteiger partial charge >= 0.3 is 5.97 Å². The normalized spacial score (nSPS) is 17.1. The predicted octanol–water partition coefficient (Wildman–Crippen LogP) is 0.282.